The van der Waals surface area contributed by atoms with Crippen molar-refractivity contribution in [1.29, 1.82) is 0 Å². The van der Waals surface area contributed by atoms with Gasteiger partial charge < -0.3 is 4.90 Å². The molecule has 0 aliphatic carbocycles. The first kappa shape index (κ1) is 21.6. The van der Waals surface area contributed by atoms with Gasteiger partial charge in [-0.05, 0) is 56.8 Å². The lowest BCUT2D eigenvalue weighted by atomic mass is 10.1. The van der Waals surface area contributed by atoms with Crippen LogP contribution in [0.3, 0.4) is 0 Å². The summed E-state index contributed by atoms with van der Waals surface area (Å²) in [4.78, 5) is 32.0. The number of nitrogens with zero attached hydrogens (tertiary/aromatic N) is 4. The molecule has 2 aromatic carbocycles. The monoisotopic (exact) mass is 424 g/mol. The van der Waals surface area contributed by atoms with Gasteiger partial charge in [0.05, 0.1) is 15.1 Å². The summed E-state index contributed by atoms with van der Waals surface area (Å²) in [6.45, 7) is 5.26. The van der Waals surface area contributed by atoms with E-state index in [-0.39, 0.29) is 11.6 Å². The lowest BCUT2D eigenvalue weighted by Gasteiger charge is -2.20. The Labute approximate surface area is 179 Å². The van der Waals surface area contributed by atoms with Crippen molar-refractivity contribution in [3.63, 3.8) is 0 Å². The van der Waals surface area contributed by atoms with Crippen molar-refractivity contribution in [3.8, 4) is 0 Å². The maximum Gasteiger partial charge on any atom is 0.270 e. The number of benzene rings is 2. The summed E-state index contributed by atoms with van der Waals surface area (Å²) in [5.74, 6) is -0.211. The summed E-state index contributed by atoms with van der Waals surface area (Å²) >= 11 is 1.49. The number of non-ortho nitro benzene ring substituents is 1. The maximum atomic E-state index is 13.0. The molecule has 0 radical (unpaired) electrons. The van der Waals surface area contributed by atoms with Gasteiger partial charge in [0.15, 0.2) is 5.13 Å². The zero-order chi connectivity index (χ0) is 21.8. The zero-order valence-electron chi connectivity index (χ0n) is 17.5. The summed E-state index contributed by atoms with van der Waals surface area (Å²) in [6, 6.07) is 10.3. The number of rotatable bonds is 7. The van der Waals surface area contributed by atoms with E-state index in [0.717, 1.165) is 21.3 Å². The Morgan fingerprint density at radius 3 is 2.67 bits per heavy atom. The molecule has 1 aromatic heterocycles. The van der Waals surface area contributed by atoms with Crippen LogP contribution in [0.4, 0.5) is 10.8 Å². The van der Waals surface area contributed by atoms with Crippen LogP contribution in [0.2, 0.25) is 0 Å². The molecule has 8 heteroatoms. The molecule has 0 aliphatic heterocycles. The number of hydrogen-bond acceptors (Lipinski definition) is 6. The molecule has 0 aliphatic rings. The normalized spacial score (nSPS) is 11.5. The predicted molar refractivity (Wildman–Crippen MR) is 122 cm³/mol. The van der Waals surface area contributed by atoms with Crippen LogP contribution in [-0.4, -0.2) is 47.9 Å². The molecule has 0 bridgehead atoms. The Hall–Kier alpha value is -3.10. The molecule has 0 saturated heterocycles. The fraction of sp³-hybridized carbons (Fsp3) is 0.273. The van der Waals surface area contributed by atoms with Crippen molar-refractivity contribution in [3.05, 3.63) is 69.3 Å². The van der Waals surface area contributed by atoms with Crippen molar-refractivity contribution in [2.45, 2.75) is 13.8 Å². The van der Waals surface area contributed by atoms with E-state index in [9.17, 15) is 14.9 Å². The van der Waals surface area contributed by atoms with Crippen molar-refractivity contribution >= 4 is 44.4 Å². The Kier molecular flexibility index (Phi) is 6.59. The van der Waals surface area contributed by atoms with Gasteiger partial charge >= 0.3 is 0 Å². The van der Waals surface area contributed by atoms with E-state index in [1.807, 2.05) is 38.9 Å². The first-order chi connectivity index (χ1) is 14.3. The van der Waals surface area contributed by atoms with Gasteiger partial charge in [-0.1, -0.05) is 29.5 Å². The Bertz CT molecular complexity index is 1120. The summed E-state index contributed by atoms with van der Waals surface area (Å²) in [5.41, 5.74) is 3.78. The number of nitro benzene ring substituents is 1. The number of fused-ring (bicyclic) bond motifs is 1. The number of carbonyl (C=O) groups is 1. The van der Waals surface area contributed by atoms with Crippen LogP contribution < -0.4 is 4.90 Å². The van der Waals surface area contributed by atoms with E-state index in [4.69, 9.17) is 4.98 Å². The Morgan fingerprint density at radius 1 is 1.20 bits per heavy atom. The van der Waals surface area contributed by atoms with E-state index in [1.165, 1.54) is 29.5 Å². The van der Waals surface area contributed by atoms with Crippen LogP contribution in [0, 0.1) is 24.0 Å². The third-order valence-corrected chi connectivity index (χ3v) is 5.88. The minimum Gasteiger partial charge on any atom is -0.308 e. The fourth-order valence-electron chi connectivity index (χ4n) is 2.93. The molecule has 3 rings (SSSR count). The molecular formula is C22H24N4O3S. The zero-order valence-corrected chi connectivity index (χ0v) is 18.3. The average molecular weight is 425 g/mol. The predicted octanol–water partition coefficient (Wildman–Crippen LogP) is 4.43. The number of carbonyl (C=O) groups excluding carboxylic acids is 1. The standard InChI is InChI=1S/C22H24N4O3S/c1-15-8-10-19-21(16(15)2)23-22(30-19)25(13-12-24(3)4)20(27)11-9-17-6-5-7-18(14-17)26(28)29/h5-11,14H,12-13H2,1-4H3. The van der Waals surface area contributed by atoms with Gasteiger partial charge in [-0.3, -0.25) is 19.8 Å². The maximum absolute atomic E-state index is 13.0. The highest BCUT2D eigenvalue weighted by molar-refractivity contribution is 7.22. The van der Waals surface area contributed by atoms with E-state index in [0.29, 0.717) is 23.8 Å². The van der Waals surface area contributed by atoms with Crippen LogP contribution in [0.5, 0.6) is 0 Å². The van der Waals surface area contributed by atoms with Crippen LogP contribution >= 0.6 is 11.3 Å². The molecule has 0 saturated carbocycles. The Balaban J connectivity index is 1.91. The third-order valence-electron chi connectivity index (χ3n) is 4.84. The number of likely N-dealkylation sites (N-methyl/N-ethyl adjacent to an activating group) is 1. The summed E-state index contributed by atoms with van der Waals surface area (Å²) in [7, 11) is 3.90. The van der Waals surface area contributed by atoms with Crippen molar-refractivity contribution in [1.82, 2.24) is 9.88 Å². The molecule has 0 N–H and O–H groups in total. The Morgan fingerprint density at radius 2 is 1.97 bits per heavy atom. The lowest BCUT2D eigenvalue weighted by Crippen LogP contribution is -2.35. The van der Waals surface area contributed by atoms with Crippen molar-refractivity contribution in [2.24, 2.45) is 0 Å². The molecular weight excluding hydrogens is 400 g/mol. The van der Waals surface area contributed by atoms with Gasteiger partial charge in [-0.25, -0.2) is 4.98 Å². The number of aromatic nitrogens is 1. The highest BCUT2D eigenvalue weighted by atomic mass is 32.1. The van der Waals surface area contributed by atoms with Crippen LogP contribution in [-0.2, 0) is 4.79 Å². The third kappa shape index (κ3) is 4.90. The van der Waals surface area contributed by atoms with E-state index in [1.54, 1.807) is 23.1 Å². The van der Waals surface area contributed by atoms with E-state index < -0.39 is 4.92 Å². The summed E-state index contributed by atoms with van der Waals surface area (Å²) in [6.07, 6.45) is 3.04. The number of nitro groups is 1. The van der Waals surface area contributed by atoms with E-state index >= 15 is 0 Å². The first-order valence-electron chi connectivity index (χ1n) is 9.52. The number of thiazole rings is 1. The first-order valence-corrected chi connectivity index (χ1v) is 10.3. The number of hydrogen-bond donors (Lipinski definition) is 0. The highest BCUT2D eigenvalue weighted by Crippen LogP contribution is 2.32. The van der Waals surface area contributed by atoms with Crippen molar-refractivity contribution in [2.75, 3.05) is 32.1 Å². The molecule has 3 aromatic rings. The van der Waals surface area contributed by atoms with Crippen LogP contribution in [0.15, 0.2) is 42.5 Å². The van der Waals surface area contributed by atoms with Gasteiger partial charge in [0, 0.05) is 31.3 Å². The topological polar surface area (TPSA) is 79.6 Å². The van der Waals surface area contributed by atoms with Gasteiger partial charge in [0.1, 0.15) is 0 Å². The quantitative estimate of drug-likeness (QED) is 0.318. The fourth-order valence-corrected chi connectivity index (χ4v) is 3.99. The molecule has 1 amide bonds. The van der Waals surface area contributed by atoms with Crippen LogP contribution in [0.1, 0.15) is 16.7 Å². The lowest BCUT2D eigenvalue weighted by molar-refractivity contribution is -0.384. The molecule has 1 heterocycles. The van der Waals surface area contributed by atoms with Crippen LogP contribution in [0.25, 0.3) is 16.3 Å². The second-order valence-corrected chi connectivity index (χ2v) is 8.34. The van der Waals surface area contributed by atoms with E-state index in [2.05, 4.69) is 6.07 Å². The second-order valence-electron chi connectivity index (χ2n) is 7.33. The molecule has 0 atom stereocenters. The summed E-state index contributed by atoms with van der Waals surface area (Å²) in [5, 5.41) is 11.6. The largest absolute Gasteiger partial charge is 0.308 e. The minimum atomic E-state index is -0.450. The van der Waals surface area contributed by atoms with Crippen molar-refractivity contribution < 1.29 is 9.72 Å². The molecule has 30 heavy (non-hydrogen) atoms. The molecule has 0 spiro atoms. The van der Waals surface area contributed by atoms with Gasteiger partial charge in [-0.15, -0.1) is 0 Å². The van der Waals surface area contributed by atoms with Gasteiger partial charge in [-0.2, -0.15) is 0 Å². The summed E-state index contributed by atoms with van der Waals surface area (Å²) < 4.78 is 1.04. The number of aryl methyl sites for hydroxylation is 2. The number of amides is 1. The SMILES string of the molecule is Cc1ccc2sc(N(CCN(C)C)C(=O)C=Cc3cccc([N+](=O)[O-])c3)nc2c1C. The van der Waals surface area contributed by atoms with Gasteiger partial charge in [0.2, 0.25) is 0 Å². The molecule has 156 valence electrons. The highest BCUT2D eigenvalue weighted by Gasteiger charge is 2.19. The molecule has 7 nitrogen and oxygen atoms in total. The second kappa shape index (κ2) is 9.15. The molecule has 0 fully saturated rings. The average Bonchev–Trinajstić information content (AvgIpc) is 3.14. The minimum absolute atomic E-state index is 0.00826. The smallest absolute Gasteiger partial charge is 0.270 e. The number of anilines is 1. The van der Waals surface area contributed by atoms with Gasteiger partial charge in [0.25, 0.3) is 11.6 Å². The molecule has 0 unspecified atom stereocenters.